The van der Waals surface area contributed by atoms with Gasteiger partial charge in [0.15, 0.2) is 5.65 Å². The Morgan fingerprint density at radius 2 is 2.11 bits per heavy atom. The number of carbonyl (C=O) groups is 1. The highest BCUT2D eigenvalue weighted by Crippen LogP contribution is 2.28. The Labute approximate surface area is 160 Å². The molecule has 8 heteroatoms. The van der Waals surface area contributed by atoms with Crippen molar-refractivity contribution in [3.05, 3.63) is 48.4 Å². The first-order valence-corrected chi connectivity index (χ1v) is 9.63. The minimum Gasteiger partial charge on any atom is -0.467 e. The van der Waals surface area contributed by atoms with Crippen LogP contribution < -0.4 is 5.32 Å². The number of para-hydroxylation sites is 1. The van der Waals surface area contributed by atoms with Gasteiger partial charge in [0.05, 0.1) is 23.6 Å². The molecule has 1 N–H and O–H groups in total. The number of thioether (sulfide) groups is 1. The fraction of sp³-hybridized carbons (Fsp3) is 0.263. The quantitative estimate of drug-likeness (QED) is 0.515. The maximum atomic E-state index is 12.3. The summed E-state index contributed by atoms with van der Waals surface area (Å²) in [7, 11) is 0. The minimum atomic E-state index is -0.348. The first kappa shape index (κ1) is 17.5. The van der Waals surface area contributed by atoms with Gasteiger partial charge in [-0.2, -0.15) is 0 Å². The number of carbonyl (C=O) groups excluding carboxylic acids is 1. The third-order valence-electron chi connectivity index (χ3n) is 4.34. The Balaban J connectivity index is 1.55. The smallest absolute Gasteiger partial charge is 0.233 e. The summed E-state index contributed by atoms with van der Waals surface area (Å²) in [6.07, 6.45) is 1.58. The molecule has 27 heavy (non-hydrogen) atoms. The summed E-state index contributed by atoms with van der Waals surface area (Å²) in [5.74, 6) is 0.614. The first-order valence-electron chi connectivity index (χ1n) is 8.75. The van der Waals surface area contributed by atoms with Gasteiger partial charge in [-0.05, 0) is 32.0 Å². The predicted octanol–water partition coefficient (Wildman–Crippen LogP) is 3.39. The summed E-state index contributed by atoms with van der Waals surface area (Å²) in [4.78, 5) is 17.0. The van der Waals surface area contributed by atoms with Gasteiger partial charge in [0.25, 0.3) is 0 Å². The fourth-order valence-electron chi connectivity index (χ4n) is 3.00. The molecule has 138 valence electrons. The molecule has 0 saturated carbocycles. The summed E-state index contributed by atoms with van der Waals surface area (Å²) in [6.45, 7) is 5.04. The van der Waals surface area contributed by atoms with E-state index in [1.807, 2.05) is 31.2 Å². The van der Waals surface area contributed by atoms with Crippen LogP contribution in [0.3, 0.4) is 0 Å². The molecule has 0 radical (unpaired) electrons. The van der Waals surface area contributed by atoms with Crippen molar-refractivity contribution in [2.24, 2.45) is 0 Å². The van der Waals surface area contributed by atoms with E-state index in [4.69, 9.17) is 4.42 Å². The van der Waals surface area contributed by atoms with Crippen LogP contribution in [0.15, 0.2) is 52.2 Å². The van der Waals surface area contributed by atoms with E-state index in [0.717, 1.165) is 28.6 Å². The topological polar surface area (TPSA) is 85.8 Å². The average Bonchev–Trinajstić information content (AvgIpc) is 3.31. The van der Waals surface area contributed by atoms with Gasteiger partial charge in [0, 0.05) is 11.9 Å². The standard InChI is InChI=1S/C19H19N5O2S/c1-3-24-15-9-5-4-8-14(15)16-17(24)21-19(23-22-16)27-12(2)18(25)20-11-13-7-6-10-26-13/h4-10,12H,3,11H2,1-2H3,(H,20,25)/t12-/m0/s1. The molecule has 3 heterocycles. The molecule has 0 aliphatic carbocycles. The molecule has 1 amide bonds. The molecule has 0 spiro atoms. The number of hydrogen-bond donors (Lipinski definition) is 1. The van der Waals surface area contributed by atoms with Crippen molar-refractivity contribution in [1.82, 2.24) is 25.1 Å². The number of rotatable bonds is 6. The van der Waals surface area contributed by atoms with Crippen molar-refractivity contribution in [3.63, 3.8) is 0 Å². The fourth-order valence-corrected chi connectivity index (χ4v) is 3.74. The lowest BCUT2D eigenvalue weighted by molar-refractivity contribution is -0.120. The molecule has 7 nitrogen and oxygen atoms in total. The van der Waals surface area contributed by atoms with Crippen molar-refractivity contribution < 1.29 is 9.21 Å². The Morgan fingerprint density at radius 3 is 2.89 bits per heavy atom. The number of aromatic nitrogens is 4. The molecule has 0 aliphatic rings. The van der Waals surface area contributed by atoms with E-state index in [1.165, 1.54) is 11.8 Å². The number of amides is 1. The van der Waals surface area contributed by atoms with Crippen molar-refractivity contribution in [1.29, 1.82) is 0 Å². The third kappa shape index (κ3) is 3.40. The Morgan fingerprint density at radius 1 is 1.26 bits per heavy atom. The second kappa shape index (κ2) is 7.40. The molecule has 0 aliphatic heterocycles. The van der Waals surface area contributed by atoms with Crippen LogP contribution in [0.5, 0.6) is 0 Å². The number of hydrogen-bond acceptors (Lipinski definition) is 6. The third-order valence-corrected chi connectivity index (χ3v) is 5.29. The van der Waals surface area contributed by atoms with Gasteiger partial charge < -0.3 is 14.3 Å². The predicted molar refractivity (Wildman–Crippen MR) is 104 cm³/mol. The number of fused-ring (bicyclic) bond motifs is 3. The lowest BCUT2D eigenvalue weighted by atomic mass is 10.2. The highest BCUT2D eigenvalue weighted by Gasteiger charge is 2.19. The Bertz CT molecular complexity index is 1090. The van der Waals surface area contributed by atoms with E-state index in [-0.39, 0.29) is 11.2 Å². The van der Waals surface area contributed by atoms with E-state index in [1.54, 1.807) is 12.3 Å². The van der Waals surface area contributed by atoms with Gasteiger partial charge in [-0.25, -0.2) is 4.98 Å². The summed E-state index contributed by atoms with van der Waals surface area (Å²) in [5, 5.41) is 12.6. The molecule has 0 fully saturated rings. The lowest BCUT2D eigenvalue weighted by Gasteiger charge is -2.10. The summed E-state index contributed by atoms with van der Waals surface area (Å²) >= 11 is 1.29. The van der Waals surface area contributed by atoms with Gasteiger partial charge >= 0.3 is 0 Å². The van der Waals surface area contributed by atoms with E-state index in [9.17, 15) is 4.79 Å². The molecule has 4 rings (SSSR count). The van der Waals surface area contributed by atoms with Crippen LogP contribution in [0.4, 0.5) is 0 Å². The van der Waals surface area contributed by atoms with Gasteiger partial charge in [-0.1, -0.05) is 30.0 Å². The minimum absolute atomic E-state index is 0.101. The second-order valence-electron chi connectivity index (χ2n) is 6.09. The van der Waals surface area contributed by atoms with E-state index < -0.39 is 0 Å². The molecular weight excluding hydrogens is 362 g/mol. The van der Waals surface area contributed by atoms with Crippen LogP contribution in [-0.2, 0) is 17.9 Å². The van der Waals surface area contributed by atoms with E-state index >= 15 is 0 Å². The number of benzene rings is 1. The molecule has 3 aromatic heterocycles. The molecule has 4 aromatic rings. The Kier molecular flexibility index (Phi) is 4.81. The number of nitrogens with zero attached hydrogens (tertiary/aromatic N) is 4. The van der Waals surface area contributed by atoms with Gasteiger partial charge in [-0.3, -0.25) is 4.79 Å². The maximum Gasteiger partial charge on any atom is 0.233 e. The second-order valence-corrected chi connectivity index (χ2v) is 7.39. The van der Waals surface area contributed by atoms with Crippen LogP contribution in [0.1, 0.15) is 19.6 Å². The van der Waals surface area contributed by atoms with Crippen LogP contribution in [0.2, 0.25) is 0 Å². The summed E-state index contributed by atoms with van der Waals surface area (Å²) in [5.41, 5.74) is 2.66. The Hall–Kier alpha value is -2.87. The lowest BCUT2D eigenvalue weighted by Crippen LogP contribution is -2.30. The van der Waals surface area contributed by atoms with E-state index in [2.05, 4.69) is 38.1 Å². The molecular formula is C19H19N5O2S. The zero-order valence-corrected chi connectivity index (χ0v) is 15.9. The van der Waals surface area contributed by atoms with Crippen LogP contribution in [0.25, 0.3) is 22.1 Å². The number of nitrogens with one attached hydrogen (secondary N) is 1. The highest BCUT2D eigenvalue weighted by atomic mass is 32.2. The van der Waals surface area contributed by atoms with Gasteiger partial charge in [-0.15, -0.1) is 10.2 Å². The zero-order valence-electron chi connectivity index (χ0n) is 15.0. The van der Waals surface area contributed by atoms with Crippen molar-refractivity contribution in [2.75, 3.05) is 0 Å². The molecule has 0 unspecified atom stereocenters. The van der Waals surface area contributed by atoms with Crippen molar-refractivity contribution >= 4 is 39.7 Å². The monoisotopic (exact) mass is 381 g/mol. The number of aryl methyl sites for hydroxylation is 1. The van der Waals surface area contributed by atoms with E-state index in [0.29, 0.717) is 17.5 Å². The highest BCUT2D eigenvalue weighted by molar-refractivity contribution is 8.00. The van der Waals surface area contributed by atoms with Crippen molar-refractivity contribution in [2.45, 2.75) is 37.3 Å². The summed E-state index contributed by atoms with van der Waals surface area (Å²) < 4.78 is 7.34. The molecule has 0 bridgehead atoms. The normalized spacial score (nSPS) is 12.5. The van der Waals surface area contributed by atoms with Crippen LogP contribution >= 0.6 is 11.8 Å². The van der Waals surface area contributed by atoms with Gasteiger partial charge in [0.1, 0.15) is 11.3 Å². The molecule has 1 aromatic carbocycles. The summed E-state index contributed by atoms with van der Waals surface area (Å²) in [6, 6.07) is 11.7. The van der Waals surface area contributed by atoms with Crippen molar-refractivity contribution in [3.8, 4) is 0 Å². The van der Waals surface area contributed by atoms with Gasteiger partial charge in [0.2, 0.25) is 11.1 Å². The largest absolute Gasteiger partial charge is 0.467 e. The molecule has 0 saturated heterocycles. The van der Waals surface area contributed by atoms with Crippen LogP contribution in [0, 0.1) is 0 Å². The zero-order chi connectivity index (χ0) is 18.8. The molecule has 1 atom stereocenters. The SMILES string of the molecule is CCn1c2ccccc2c2nnc(S[C@@H](C)C(=O)NCc3ccco3)nc21. The first-order chi connectivity index (χ1) is 13.2. The van der Waals surface area contributed by atoms with Crippen LogP contribution in [-0.4, -0.2) is 30.9 Å². The average molecular weight is 381 g/mol. The number of furan rings is 1. The maximum absolute atomic E-state index is 12.3.